The van der Waals surface area contributed by atoms with Gasteiger partial charge in [-0.15, -0.1) is 0 Å². The lowest BCUT2D eigenvalue weighted by Gasteiger charge is -2.29. The van der Waals surface area contributed by atoms with E-state index in [1.54, 1.807) is 0 Å². The molecule has 0 aliphatic rings. The third-order valence-electron chi connectivity index (χ3n) is 2.13. The van der Waals surface area contributed by atoms with Gasteiger partial charge in [0.25, 0.3) is 0 Å². The fourth-order valence-corrected chi connectivity index (χ4v) is 2.11. The predicted octanol–water partition coefficient (Wildman–Crippen LogP) is 4.63. The normalized spacial score (nSPS) is 12.9. The largest absolute Gasteiger partial charge is 0.649 e. The van der Waals surface area contributed by atoms with Crippen LogP contribution in [0.15, 0.2) is 11.3 Å². The van der Waals surface area contributed by atoms with Crippen molar-refractivity contribution in [3.8, 4) is 0 Å². The van der Waals surface area contributed by atoms with E-state index in [1.165, 1.54) is 20.8 Å². The van der Waals surface area contributed by atoms with Crippen LogP contribution in [0.2, 0.25) is 5.04 Å². The summed E-state index contributed by atoms with van der Waals surface area (Å²) in [5.74, 6) is 0.456. The molecule has 0 saturated carbocycles. The van der Waals surface area contributed by atoms with E-state index in [4.69, 9.17) is 4.43 Å². The lowest BCUT2D eigenvalue weighted by Crippen LogP contribution is -2.39. The van der Waals surface area contributed by atoms with E-state index in [1.807, 2.05) is 27.7 Å². The molecule has 0 heterocycles. The Balaban J connectivity index is 4.94. The van der Waals surface area contributed by atoms with Gasteiger partial charge in [0.2, 0.25) is 0 Å². The molecule has 0 aliphatic carbocycles. The minimum atomic E-state index is -4.65. The van der Waals surface area contributed by atoms with Gasteiger partial charge < -0.3 is 4.43 Å². The molecule has 0 radical (unpaired) electrons. The molecule has 0 N–H and O–H groups in total. The molecular weight excluding hydrogens is 214 g/mol. The van der Waals surface area contributed by atoms with E-state index in [2.05, 4.69) is 0 Å². The van der Waals surface area contributed by atoms with E-state index in [9.17, 15) is 8.22 Å². The fourth-order valence-electron chi connectivity index (χ4n) is 1.09. The van der Waals surface area contributed by atoms with Gasteiger partial charge >= 0.3 is 8.99 Å². The van der Waals surface area contributed by atoms with Crippen molar-refractivity contribution in [1.82, 2.24) is 0 Å². The van der Waals surface area contributed by atoms with E-state index in [0.717, 1.165) is 5.57 Å². The van der Waals surface area contributed by atoms with Crippen LogP contribution in [-0.4, -0.2) is 8.99 Å². The summed E-state index contributed by atoms with van der Waals surface area (Å²) in [4.78, 5) is 0. The van der Waals surface area contributed by atoms with Gasteiger partial charge in [0, 0.05) is 5.92 Å². The average molecular weight is 236 g/mol. The zero-order valence-electron chi connectivity index (χ0n) is 10.7. The van der Waals surface area contributed by atoms with Gasteiger partial charge in [0.1, 0.15) is 0 Å². The summed E-state index contributed by atoms with van der Waals surface area (Å²) in [6.45, 7) is 11.9. The average Bonchev–Trinajstić information content (AvgIpc) is 1.96. The van der Waals surface area contributed by atoms with E-state index in [-0.39, 0.29) is 5.92 Å². The second-order valence-corrected chi connectivity index (χ2v) is 8.13. The molecule has 0 aromatic rings. The molecule has 0 bridgehead atoms. The number of allylic oxidation sites excluding steroid dienone is 2. The maximum absolute atomic E-state index is 13.8. The van der Waals surface area contributed by atoms with Gasteiger partial charge in [-0.05, 0) is 19.4 Å². The van der Waals surface area contributed by atoms with Crippen LogP contribution in [0.5, 0.6) is 0 Å². The first-order chi connectivity index (χ1) is 6.49. The van der Waals surface area contributed by atoms with Crippen LogP contribution in [0.3, 0.4) is 0 Å². The smallest absolute Gasteiger partial charge is 0.499 e. The lowest BCUT2D eigenvalue weighted by atomic mass is 10.1. The molecule has 0 atom stereocenters. The zero-order chi connectivity index (χ0) is 12.4. The van der Waals surface area contributed by atoms with Crippen molar-refractivity contribution in [3.05, 3.63) is 11.3 Å². The first kappa shape index (κ1) is 14.6. The summed E-state index contributed by atoms with van der Waals surface area (Å²) >= 11 is 0. The highest BCUT2D eigenvalue weighted by Gasteiger charge is 2.54. The van der Waals surface area contributed by atoms with Crippen molar-refractivity contribution in [2.24, 2.45) is 5.92 Å². The number of hydrogen-bond acceptors (Lipinski definition) is 1. The fraction of sp³-hybridized carbons (Fsp3) is 0.818. The predicted molar refractivity (Wildman–Crippen MR) is 62.0 cm³/mol. The Morgan fingerprint density at radius 3 is 1.73 bits per heavy atom. The Hall–Kier alpha value is -0.383. The van der Waals surface area contributed by atoms with Crippen molar-refractivity contribution in [2.45, 2.75) is 53.5 Å². The van der Waals surface area contributed by atoms with Crippen molar-refractivity contribution in [2.75, 3.05) is 0 Å². The van der Waals surface area contributed by atoms with Crippen LogP contribution in [0.25, 0.3) is 0 Å². The van der Waals surface area contributed by atoms with Crippen molar-refractivity contribution in [1.29, 1.82) is 0 Å². The van der Waals surface area contributed by atoms with E-state index >= 15 is 0 Å². The Kier molecular flexibility index (Phi) is 4.52. The zero-order valence-corrected chi connectivity index (χ0v) is 11.7. The summed E-state index contributed by atoms with van der Waals surface area (Å²) < 4.78 is 32.6. The number of rotatable bonds is 3. The summed E-state index contributed by atoms with van der Waals surface area (Å²) in [5.41, 5.74) is 0.835. The van der Waals surface area contributed by atoms with Crippen LogP contribution < -0.4 is 0 Å². The first-order valence-electron chi connectivity index (χ1n) is 5.23. The van der Waals surface area contributed by atoms with E-state index < -0.39 is 14.0 Å². The van der Waals surface area contributed by atoms with Crippen molar-refractivity contribution >= 4 is 8.99 Å². The molecule has 0 unspecified atom stereocenters. The summed E-state index contributed by atoms with van der Waals surface area (Å²) in [6, 6.07) is 0. The molecule has 0 spiro atoms. The minimum absolute atomic E-state index is 0.00993. The Morgan fingerprint density at radius 1 is 1.13 bits per heavy atom. The molecular formula is C11H22F2OSi. The quantitative estimate of drug-likeness (QED) is 0.394. The minimum Gasteiger partial charge on any atom is -0.499 e. The molecule has 0 fully saturated rings. The lowest BCUT2D eigenvalue weighted by molar-refractivity contribution is 0.232. The van der Waals surface area contributed by atoms with Crippen LogP contribution in [-0.2, 0) is 4.43 Å². The van der Waals surface area contributed by atoms with Crippen molar-refractivity contribution < 1.29 is 12.6 Å². The monoisotopic (exact) mass is 236 g/mol. The van der Waals surface area contributed by atoms with Crippen LogP contribution >= 0.6 is 0 Å². The highest BCUT2D eigenvalue weighted by molar-refractivity contribution is 6.62. The Labute approximate surface area is 93.0 Å². The molecule has 0 amide bonds. The van der Waals surface area contributed by atoms with Crippen molar-refractivity contribution in [3.63, 3.8) is 0 Å². The van der Waals surface area contributed by atoms with Gasteiger partial charge in [-0.1, -0.05) is 34.6 Å². The summed E-state index contributed by atoms with van der Waals surface area (Å²) in [6.07, 6.45) is 0. The van der Waals surface area contributed by atoms with E-state index in [0.29, 0.717) is 5.76 Å². The molecule has 0 aromatic heterocycles. The standard InChI is InChI=1S/C11H22F2OSi/c1-8(2)10(9(3)4)14-15(12,13)11(5,6)7/h8H,1-7H3. The number of hydrogen-bond donors (Lipinski definition) is 0. The van der Waals surface area contributed by atoms with Gasteiger partial charge in [-0.25, -0.2) is 8.22 Å². The molecule has 0 saturated heterocycles. The highest BCUT2D eigenvalue weighted by atomic mass is 28.4. The molecule has 0 aliphatic heterocycles. The third-order valence-corrected chi connectivity index (χ3v) is 4.35. The molecule has 90 valence electrons. The second kappa shape index (κ2) is 4.64. The molecule has 15 heavy (non-hydrogen) atoms. The third kappa shape index (κ3) is 3.93. The Morgan fingerprint density at radius 2 is 1.53 bits per heavy atom. The van der Waals surface area contributed by atoms with Gasteiger partial charge in [-0.3, -0.25) is 0 Å². The van der Waals surface area contributed by atoms with Crippen LogP contribution in [0, 0.1) is 5.92 Å². The Bertz CT molecular complexity index is 248. The first-order valence-corrected chi connectivity index (χ1v) is 6.89. The van der Waals surface area contributed by atoms with Gasteiger partial charge in [-0.2, -0.15) is 0 Å². The maximum atomic E-state index is 13.8. The second-order valence-electron chi connectivity index (χ2n) is 5.39. The van der Waals surface area contributed by atoms with Gasteiger partial charge in [0.05, 0.1) is 10.8 Å². The number of halogens is 2. The van der Waals surface area contributed by atoms with Crippen LogP contribution in [0.1, 0.15) is 48.5 Å². The maximum Gasteiger partial charge on any atom is 0.649 e. The summed E-state index contributed by atoms with van der Waals surface area (Å²) in [7, 11) is -4.65. The highest BCUT2D eigenvalue weighted by Crippen LogP contribution is 2.41. The SMILES string of the molecule is CC(C)=C(O[Si](F)(F)C(C)(C)C)C(C)C. The topological polar surface area (TPSA) is 9.23 Å². The summed E-state index contributed by atoms with van der Waals surface area (Å²) in [5, 5.41) is -1.05. The van der Waals surface area contributed by atoms with Gasteiger partial charge in [0.15, 0.2) is 0 Å². The molecule has 4 heteroatoms. The molecule has 0 aromatic carbocycles. The molecule has 1 nitrogen and oxygen atoms in total. The van der Waals surface area contributed by atoms with Crippen LogP contribution in [0.4, 0.5) is 8.22 Å². The molecule has 0 rings (SSSR count).